The summed E-state index contributed by atoms with van der Waals surface area (Å²) in [4.78, 5) is 15.8. The summed E-state index contributed by atoms with van der Waals surface area (Å²) in [5.74, 6) is 4.98. The summed E-state index contributed by atoms with van der Waals surface area (Å²) in [6.07, 6.45) is 6.40. The van der Waals surface area contributed by atoms with E-state index in [-0.39, 0.29) is 5.91 Å². The van der Waals surface area contributed by atoms with Gasteiger partial charge in [0.2, 0.25) is 5.91 Å². The number of likely N-dealkylation sites (N-methyl/N-ethyl adjacent to an activating group) is 1. The standard InChI is InChI=1S/C13H28N4O/c1-16(2)12-7-6-10-17(11-12)9-5-3-4-8-13(18)15-14/h12H,3-11,14H2,1-2H3,(H,15,18). The van der Waals surface area contributed by atoms with Gasteiger partial charge in [0, 0.05) is 19.0 Å². The van der Waals surface area contributed by atoms with E-state index in [2.05, 4.69) is 29.3 Å². The predicted octanol–water partition coefficient (Wildman–Crippen LogP) is 0.563. The van der Waals surface area contributed by atoms with Crippen molar-refractivity contribution in [1.82, 2.24) is 15.2 Å². The highest BCUT2D eigenvalue weighted by Gasteiger charge is 2.20. The second kappa shape index (κ2) is 8.45. The van der Waals surface area contributed by atoms with Gasteiger partial charge in [-0.1, -0.05) is 6.42 Å². The van der Waals surface area contributed by atoms with Crippen LogP contribution in [0.25, 0.3) is 0 Å². The third-order valence-corrected chi connectivity index (χ3v) is 3.75. The fraction of sp³-hybridized carbons (Fsp3) is 0.923. The molecule has 0 aromatic rings. The number of carbonyl (C=O) groups excluding carboxylic acids is 1. The van der Waals surface area contributed by atoms with E-state index < -0.39 is 0 Å². The van der Waals surface area contributed by atoms with E-state index in [1.54, 1.807) is 0 Å². The lowest BCUT2D eigenvalue weighted by Crippen LogP contribution is -2.45. The van der Waals surface area contributed by atoms with Crippen molar-refractivity contribution in [2.24, 2.45) is 5.84 Å². The molecule has 5 nitrogen and oxygen atoms in total. The van der Waals surface area contributed by atoms with Crippen LogP contribution in [0.3, 0.4) is 0 Å². The van der Waals surface area contributed by atoms with Crippen LogP contribution in [0.15, 0.2) is 0 Å². The number of nitrogens with zero attached hydrogens (tertiary/aromatic N) is 2. The second-order valence-electron chi connectivity index (χ2n) is 5.44. The van der Waals surface area contributed by atoms with E-state index in [0.29, 0.717) is 12.5 Å². The zero-order valence-corrected chi connectivity index (χ0v) is 11.8. The molecule has 106 valence electrons. The molecular formula is C13H28N4O. The van der Waals surface area contributed by atoms with Gasteiger partial charge in [-0.25, -0.2) is 5.84 Å². The van der Waals surface area contributed by atoms with E-state index >= 15 is 0 Å². The van der Waals surface area contributed by atoms with Crippen LogP contribution in [0.2, 0.25) is 0 Å². The number of unbranched alkanes of at least 4 members (excludes halogenated alkanes) is 2. The summed E-state index contributed by atoms with van der Waals surface area (Å²) in [5.41, 5.74) is 2.17. The smallest absolute Gasteiger partial charge is 0.233 e. The summed E-state index contributed by atoms with van der Waals surface area (Å²) in [5, 5.41) is 0. The third kappa shape index (κ3) is 5.80. The summed E-state index contributed by atoms with van der Waals surface area (Å²) in [6, 6.07) is 0.710. The van der Waals surface area contributed by atoms with Crippen molar-refractivity contribution < 1.29 is 4.79 Å². The van der Waals surface area contributed by atoms with Gasteiger partial charge < -0.3 is 9.80 Å². The Morgan fingerprint density at radius 3 is 2.83 bits per heavy atom. The number of nitrogens with two attached hydrogens (primary N) is 1. The van der Waals surface area contributed by atoms with E-state index in [4.69, 9.17) is 5.84 Å². The molecule has 0 radical (unpaired) electrons. The monoisotopic (exact) mass is 256 g/mol. The maximum absolute atomic E-state index is 10.9. The third-order valence-electron chi connectivity index (χ3n) is 3.75. The average molecular weight is 256 g/mol. The van der Waals surface area contributed by atoms with Crippen LogP contribution in [0.4, 0.5) is 0 Å². The molecule has 1 heterocycles. The van der Waals surface area contributed by atoms with Crippen LogP contribution < -0.4 is 11.3 Å². The zero-order chi connectivity index (χ0) is 13.4. The van der Waals surface area contributed by atoms with Crippen LogP contribution in [0.5, 0.6) is 0 Å². The van der Waals surface area contributed by atoms with Gasteiger partial charge in [0.05, 0.1) is 0 Å². The van der Waals surface area contributed by atoms with Crippen LogP contribution in [-0.2, 0) is 4.79 Å². The van der Waals surface area contributed by atoms with Crippen molar-refractivity contribution in [2.45, 2.75) is 44.6 Å². The molecule has 1 atom stereocenters. The minimum absolute atomic E-state index is 0.0550. The van der Waals surface area contributed by atoms with Crippen LogP contribution >= 0.6 is 0 Å². The molecule has 3 N–H and O–H groups in total. The van der Waals surface area contributed by atoms with Crippen LogP contribution in [0, 0.1) is 0 Å². The van der Waals surface area contributed by atoms with E-state index in [1.807, 2.05) is 0 Å². The summed E-state index contributed by atoms with van der Waals surface area (Å²) in [7, 11) is 4.33. The number of piperidine rings is 1. The lowest BCUT2D eigenvalue weighted by molar-refractivity contribution is -0.121. The molecule has 1 aliphatic heterocycles. The maximum Gasteiger partial charge on any atom is 0.233 e. The molecule has 0 aromatic carbocycles. The minimum Gasteiger partial charge on any atom is -0.305 e. The zero-order valence-electron chi connectivity index (χ0n) is 11.8. The van der Waals surface area contributed by atoms with E-state index in [1.165, 1.54) is 32.4 Å². The molecule has 1 saturated heterocycles. The van der Waals surface area contributed by atoms with E-state index in [0.717, 1.165) is 19.4 Å². The molecule has 1 fully saturated rings. The first-order valence-electron chi connectivity index (χ1n) is 7.01. The molecule has 1 unspecified atom stereocenters. The minimum atomic E-state index is -0.0550. The Bertz CT molecular complexity index is 245. The predicted molar refractivity (Wildman–Crippen MR) is 73.9 cm³/mol. The SMILES string of the molecule is CN(C)C1CCCN(CCCCCC(=O)NN)C1. The summed E-state index contributed by atoms with van der Waals surface area (Å²) >= 11 is 0. The number of amides is 1. The fourth-order valence-electron chi connectivity index (χ4n) is 2.53. The highest BCUT2D eigenvalue weighted by Crippen LogP contribution is 2.14. The van der Waals surface area contributed by atoms with Crippen molar-refractivity contribution >= 4 is 5.91 Å². The molecule has 1 aliphatic rings. The molecule has 0 aliphatic carbocycles. The lowest BCUT2D eigenvalue weighted by atomic mass is 10.0. The number of nitrogens with one attached hydrogen (secondary N) is 1. The molecule has 5 heteroatoms. The number of rotatable bonds is 7. The second-order valence-corrected chi connectivity index (χ2v) is 5.44. The van der Waals surface area contributed by atoms with Crippen molar-refractivity contribution in [3.63, 3.8) is 0 Å². The Hall–Kier alpha value is -0.650. The fourth-order valence-corrected chi connectivity index (χ4v) is 2.53. The first-order valence-corrected chi connectivity index (χ1v) is 7.01. The Morgan fingerprint density at radius 2 is 2.17 bits per heavy atom. The Balaban J connectivity index is 2.06. The molecular weight excluding hydrogens is 228 g/mol. The van der Waals surface area contributed by atoms with Gasteiger partial charge in [0.15, 0.2) is 0 Å². The normalized spacial score (nSPS) is 21.2. The van der Waals surface area contributed by atoms with Gasteiger partial charge in [-0.15, -0.1) is 0 Å². The molecule has 0 spiro atoms. The van der Waals surface area contributed by atoms with Gasteiger partial charge in [-0.3, -0.25) is 10.2 Å². The number of carbonyl (C=O) groups is 1. The lowest BCUT2D eigenvalue weighted by Gasteiger charge is -2.36. The van der Waals surface area contributed by atoms with Gasteiger partial charge in [0.1, 0.15) is 0 Å². The van der Waals surface area contributed by atoms with Gasteiger partial charge >= 0.3 is 0 Å². The quantitative estimate of drug-likeness (QED) is 0.302. The highest BCUT2D eigenvalue weighted by molar-refractivity contribution is 5.74. The van der Waals surface area contributed by atoms with Gasteiger partial charge in [-0.05, 0) is 52.9 Å². The first-order chi connectivity index (χ1) is 8.63. The van der Waals surface area contributed by atoms with Gasteiger partial charge in [-0.2, -0.15) is 0 Å². The highest BCUT2D eigenvalue weighted by atomic mass is 16.2. The molecule has 0 aromatic heterocycles. The number of likely N-dealkylation sites (tertiary alicyclic amines) is 1. The van der Waals surface area contributed by atoms with Crippen molar-refractivity contribution in [3.8, 4) is 0 Å². The van der Waals surface area contributed by atoms with Crippen molar-refractivity contribution in [2.75, 3.05) is 33.7 Å². The first kappa shape index (κ1) is 15.4. The molecule has 0 saturated carbocycles. The molecule has 1 amide bonds. The average Bonchev–Trinajstić information content (AvgIpc) is 2.38. The maximum atomic E-state index is 10.9. The summed E-state index contributed by atoms with van der Waals surface area (Å²) < 4.78 is 0. The summed E-state index contributed by atoms with van der Waals surface area (Å²) in [6.45, 7) is 3.58. The van der Waals surface area contributed by atoms with Gasteiger partial charge in [0.25, 0.3) is 0 Å². The van der Waals surface area contributed by atoms with Crippen molar-refractivity contribution in [1.29, 1.82) is 0 Å². The number of hydrogen-bond donors (Lipinski definition) is 2. The molecule has 0 bridgehead atoms. The van der Waals surface area contributed by atoms with Crippen molar-refractivity contribution in [3.05, 3.63) is 0 Å². The molecule has 1 rings (SSSR count). The van der Waals surface area contributed by atoms with Crippen LogP contribution in [0.1, 0.15) is 38.5 Å². The number of hydrogen-bond acceptors (Lipinski definition) is 4. The largest absolute Gasteiger partial charge is 0.305 e. The molecule has 18 heavy (non-hydrogen) atoms. The Kier molecular flexibility index (Phi) is 7.23. The topological polar surface area (TPSA) is 61.6 Å². The van der Waals surface area contributed by atoms with Crippen LogP contribution in [-0.4, -0.2) is 55.5 Å². The van der Waals surface area contributed by atoms with E-state index in [9.17, 15) is 4.79 Å². The Morgan fingerprint density at radius 1 is 1.39 bits per heavy atom. The number of hydrazine groups is 1. The Labute approximate surface area is 111 Å².